The normalized spacial score (nSPS) is 12.9. The van der Waals surface area contributed by atoms with E-state index in [1.807, 2.05) is 0 Å². The Labute approximate surface area is 144 Å². The van der Waals surface area contributed by atoms with Gasteiger partial charge < -0.3 is 14.2 Å². The van der Waals surface area contributed by atoms with Crippen LogP contribution in [0.1, 0.15) is 10.4 Å². The first-order valence-corrected chi connectivity index (χ1v) is 8.87. The number of anilines is 1. The molecular formula is C18H13NO5S. The lowest BCUT2D eigenvalue weighted by molar-refractivity contribution is 0.103. The van der Waals surface area contributed by atoms with Crippen molar-refractivity contribution in [2.24, 2.45) is 0 Å². The van der Waals surface area contributed by atoms with Gasteiger partial charge in [0.2, 0.25) is 0 Å². The molecule has 6 nitrogen and oxygen atoms in total. The Morgan fingerprint density at radius 3 is 2.44 bits per heavy atom. The lowest BCUT2D eigenvalue weighted by Crippen LogP contribution is -2.11. The van der Waals surface area contributed by atoms with E-state index in [-0.39, 0.29) is 16.6 Å². The minimum Gasteiger partial charge on any atom is -0.493 e. The number of nitrogens with one attached hydrogen (secondary N) is 1. The summed E-state index contributed by atoms with van der Waals surface area (Å²) in [5.41, 5.74) is 1.04. The van der Waals surface area contributed by atoms with Crippen molar-refractivity contribution in [2.75, 3.05) is 12.4 Å². The monoisotopic (exact) mass is 355 g/mol. The smallest absolute Gasteiger partial charge is 0.339 e. The molecule has 0 fully saturated rings. The zero-order chi connectivity index (χ0) is 17.6. The minimum absolute atomic E-state index is 0.00416. The molecule has 0 aromatic heterocycles. The highest BCUT2D eigenvalue weighted by molar-refractivity contribution is 7.87. The van der Waals surface area contributed by atoms with E-state index in [4.69, 9.17) is 8.92 Å². The molecule has 3 aromatic carbocycles. The number of hydrogen-bond donors (Lipinski definition) is 1. The van der Waals surface area contributed by atoms with E-state index in [0.29, 0.717) is 27.8 Å². The van der Waals surface area contributed by atoms with Crippen LogP contribution in [0.2, 0.25) is 0 Å². The van der Waals surface area contributed by atoms with Gasteiger partial charge in [-0.2, -0.15) is 8.42 Å². The molecule has 1 aliphatic rings. The molecule has 0 aliphatic carbocycles. The summed E-state index contributed by atoms with van der Waals surface area (Å²) in [6.07, 6.45) is 0. The van der Waals surface area contributed by atoms with E-state index in [1.165, 1.54) is 19.2 Å². The maximum atomic E-state index is 12.8. The fourth-order valence-electron chi connectivity index (χ4n) is 2.93. The standard InChI is InChI=1S/C18H13NO5S/c1-23-14-7-2-3-8-15(14)24-25(21,22)16-10-9-13-17-11(16)5-4-6-12(17)18(20)19-13/h2-10H,1H3,(H,19,20). The molecule has 0 saturated heterocycles. The van der Waals surface area contributed by atoms with Gasteiger partial charge in [-0.15, -0.1) is 0 Å². The van der Waals surface area contributed by atoms with Crippen molar-refractivity contribution in [1.82, 2.24) is 0 Å². The highest BCUT2D eigenvalue weighted by Crippen LogP contribution is 2.38. The van der Waals surface area contributed by atoms with Crippen LogP contribution in [0, 0.1) is 0 Å². The van der Waals surface area contributed by atoms with Gasteiger partial charge in [-0.25, -0.2) is 0 Å². The van der Waals surface area contributed by atoms with E-state index in [0.717, 1.165) is 0 Å². The third-order valence-electron chi connectivity index (χ3n) is 4.03. The van der Waals surface area contributed by atoms with Crippen LogP contribution in [0.3, 0.4) is 0 Å². The third kappa shape index (κ3) is 2.40. The Morgan fingerprint density at radius 2 is 1.68 bits per heavy atom. The maximum Gasteiger partial charge on any atom is 0.339 e. The van der Waals surface area contributed by atoms with E-state index < -0.39 is 10.1 Å². The average molecular weight is 355 g/mol. The predicted molar refractivity (Wildman–Crippen MR) is 92.7 cm³/mol. The molecular weight excluding hydrogens is 342 g/mol. The van der Waals surface area contributed by atoms with Gasteiger partial charge in [-0.1, -0.05) is 24.3 Å². The van der Waals surface area contributed by atoms with Gasteiger partial charge in [0, 0.05) is 22.0 Å². The molecule has 3 aromatic rings. The number of carbonyl (C=O) groups excluding carboxylic acids is 1. The zero-order valence-corrected chi connectivity index (χ0v) is 14.0. The number of rotatable bonds is 4. The van der Waals surface area contributed by atoms with Gasteiger partial charge in [0.1, 0.15) is 4.90 Å². The number of methoxy groups -OCH3 is 1. The molecule has 1 heterocycles. The summed E-state index contributed by atoms with van der Waals surface area (Å²) in [7, 11) is -2.68. The molecule has 1 amide bonds. The quantitative estimate of drug-likeness (QED) is 0.727. The number of amides is 1. The second-order valence-corrected chi connectivity index (χ2v) is 7.00. The van der Waals surface area contributed by atoms with Gasteiger partial charge >= 0.3 is 10.1 Å². The van der Waals surface area contributed by atoms with E-state index >= 15 is 0 Å². The predicted octanol–water partition coefficient (Wildman–Crippen LogP) is 3.18. The average Bonchev–Trinajstić information content (AvgIpc) is 2.93. The Balaban J connectivity index is 1.87. The lowest BCUT2D eigenvalue weighted by atomic mass is 10.1. The first-order chi connectivity index (χ1) is 12.0. The summed E-state index contributed by atoms with van der Waals surface area (Å²) in [6, 6.07) is 14.5. The van der Waals surface area contributed by atoms with Gasteiger partial charge in [-0.05, 0) is 30.3 Å². The molecule has 1 aliphatic heterocycles. The summed E-state index contributed by atoms with van der Waals surface area (Å²) in [5.74, 6) is 0.164. The molecule has 4 rings (SSSR count). The van der Waals surface area contributed by atoms with Crippen LogP contribution in [-0.4, -0.2) is 21.4 Å². The summed E-state index contributed by atoms with van der Waals surface area (Å²) in [6.45, 7) is 0. The van der Waals surface area contributed by atoms with E-state index in [1.54, 1.807) is 42.5 Å². The van der Waals surface area contributed by atoms with Crippen LogP contribution in [0.4, 0.5) is 5.69 Å². The molecule has 0 saturated carbocycles. The van der Waals surface area contributed by atoms with E-state index in [2.05, 4.69) is 5.32 Å². The van der Waals surface area contributed by atoms with Crippen LogP contribution in [0.25, 0.3) is 10.8 Å². The Morgan fingerprint density at radius 1 is 0.920 bits per heavy atom. The second-order valence-electron chi connectivity index (χ2n) is 5.48. The van der Waals surface area contributed by atoms with Crippen LogP contribution in [0.5, 0.6) is 11.5 Å². The van der Waals surface area contributed by atoms with Crippen LogP contribution < -0.4 is 14.2 Å². The number of para-hydroxylation sites is 2. The van der Waals surface area contributed by atoms with Gasteiger partial charge in [0.15, 0.2) is 11.5 Å². The van der Waals surface area contributed by atoms with Crippen molar-refractivity contribution in [3.8, 4) is 11.5 Å². The van der Waals surface area contributed by atoms with Gasteiger partial charge in [0.25, 0.3) is 5.91 Å². The highest BCUT2D eigenvalue weighted by Gasteiger charge is 2.27. The molecule has 7 heteroatoms. The SMILES string of the molecule is COc1ccccc1OS(=O)(=O)c1ccc2c3c(cccc13)C(=O)N2. The lowest BCUT2D eigenvalue weighted by Gasteiger charge is -2.12. The molecule has 1 N–H and O–H groups in total. The number of ether oxygens (including phenoxy) is 1. The fourth-order valence-corrected chi connectivity index (χ4v) is 4.07. The Hall–Kier alpha value is -3.06. The van der Waals surface area contributed by atoms with Crippen molar-refractivity contribution >= 4 is 32.5 Å². The Bertz CT molecular complexity index is 1120. The molecule has 126 valence electrons. The van der Waals surface area contributed by atoms with E-state index in [9.17, 15) is 13.2 Å². The number of hydrogen-bond acceptors (Lipinski definition) is 5. The second kappa shape index (κ2) is 5.49. The maximum absolute atomic E-state index is 12.8. The van der Waals surface area contributed by atoms with Gasteiger partial charge in [-0.3, -0.25) is 4.79 Å². The Kier molecular flexibility index (Phi) is 3.40. The van der Waals surface area contributed by atoms with Crippen molar-refractivity contribution in [2.45, 2.75) is 4.90 Å². The van der Waals surface area contributed by atoms with Crippen LogP contribution >= 0.6 is 0 Å². The van der Waals surface area contributed by atoms with Gasteiger partial charge in [0.05, 0.1) is 7.11 Å². The third-order valence-corrected chi connectivity index (χ3v) is 5.33. The first-order valence-electron chi connectivity index (χ1n) is 7.46. The van der Waals surface area contributed by atoms with Crippen molar-refractivity contribution < 1.29 is 22.1 Å². The topological polar surface area (TPSA) is 81.7 Å². The summed E-state index contributed by atoms with van der Waals surface area (Å²) in [5, 5.41) is 3.74. The summed E-state index contributed by atoms with van der Waals surface area (Å²) in [4.78, 5) is 12.0. The summed E-state index contributed by atoms with van der Waals surface area (Å²) < 4.78 is 36.1. The molecule has 0 radical (unpaired) electrons. The van der Waals surface area contributed by atoms with Crippen LogP contribution in [0.15, 0.2) is 59.5 Å². The summed E-state index contributed by atoms with van der Waals surface area (Å²) >= 11 is 0. The van der Waals surface area contributed by atoms with Crippen molar-refractivity contribution in [1.29, 1.82) is 0 Å². The fraction of sp³-hybridized carbons (Fsp3) is 0.0556. The largest absolute Gasteiger partial charge is 0.493 e. The van der Waals surface area contributed by atoms with Crippen LogP contribution in [-0.2, 0) is 10.1 Å². The van der Waals surface area contributed by atoms with Crippen molar-refractivity contribution in [3.63, 3.8) is 0 Å². The number of benzene rings is 3. The molecule has 0 atom stereocenters. The minimum atomic E-state index is -4.11. The number of carbonyl (C=O) groups is 1. The molecule has 0 bridgehead atoms. The molecule has 0 spiro atoms. The first kappa shape index (κ1) is 15.5. The zero-order valence-electron chi connectivity index (χ0n) is 13.1. The highest BCUT2D eigenvalue weighted by atomic mass is 32.2. The molecule has 0 unspecified atom stereocenters. The molecule has 25 heavy (non-hydrogen) atoms. The van der Waals surface area contributed by atoms with Crippen molar-refractivity contribution in [3.05, 3.63) is 60.2 Å².